The minimum absolute atomic E-state index is 0.176. The Morgan fingerprint density at radius 1 is 0.774 bits per heavy atom. The van der Waals surface area contributed by atoms with E-state index < -0.39 is 30.2 Å². The Hall–Kier alpha value is -1.63. The second-order valence-corrected chi connectivity index (χ2v) is 8.90. The monoisotopic (exact) mass is 443 g/mol. The predicted octanol–water partition coefficient (Wildman–Crippen LogP) is 4.29. The Balaban J connectivity index is 4.29. The molecule has 31 heavy (non-hydrogen) atoms. The summed E-state index contributed by atoms with van der Waals surface area (Å²) in [4.78, 5) is 34.0. The van der Waals surface area contributed by atoms with Crippen LogP contribution >= 0.6 is 0 Å². The van der Waals surface area contributed by atoms with Crippen molar-refractivity contribution >= 4 is 17.8 Å². The van der Waals surface area contributed by atoms with E-state index in [1.165, 1.54) is 65.7 Å². The van der Waals surface area contributed by atoms with Gasteiger partial charge in [0.15, 0.2) is 0 Å². The topological polar surface area (TPSA) is 102 Å². The quantitative estimate of drug-likeness (QED) is 0.242. The molecule has 1 amide bonds. The molecule has 0 fully saturated rings. The lowest BCUT2D eigenvalue weighted by Crippen LogP contribution is -2.51. The lowest BCUT2D eigenvalue weighted by atomic mass is 9.99. The molecule has 7 heteroatoms. The van der Waals surface area contributed by atoms with Gasteiger partial charge in [-0.25, -0.2) is 0 Å². The first kappa shape index (κ1) is 29.4. The average Bonchev–Trinajstić information content (AvgIpc) is 2.66. The number of unbranched alkanes of at least 4 members (excludes halogenated alkanes) is 8. The van der Waals surface area contributed by atoms with Gasteiger partial charge in [-0.3, -0.25) is 14.4 Å². The Morgan fingerprint density at radius 3 is 1.68 bits per heavy atom. The highest BCUT2D eigenvalue weighted by Crippen LogP contribution is 2.17. The lowest BCUT2D eigenvalue weighted by molar-refractivity contribution is -0.157. The van der Waals surface area contributed by atoms with Gasteiger partial charge in [0.2, 0.25) is 5.91 Å². The van der Waals surface area contributed by atoms with E-state index in [4.69, 9.17) is 9.47 Å². The zero-order chi connectivity index (χ0) is 23.6. The Kier molecular flexibility index (Phi) is 17.0. The number of esters is 2. The molecule has 0 heterocycles. The summed E-state index contributed by atoms with van der Waals surface area (Å²) in [6, 6.07) is -0.832. The summed E-state index contributed by atoms with van der Waals surface area (Å²) in [6.07, 6.45) is 10.5. The van der Waals surface area contributed by atoms with Crippen LogP contribution in [0.25, 0.3) is 0 Å². The Labute approximate surface area is 188 Å². The molecule has 0 rings (SSSR count). The maximum absolute atomic E-state index is 11.5. The van der Waals surface area contributed by atoms with Crippen LogP contribution in [0.3, 0.4) is 0 Å². The van der Waals surface area contributed by atoms with Crippen LogP contribution in [0.5, 0.6) is 0 Å². The first-order chi connectivity index (χ1) is 14.6. The molecule has 0 saturated heterocycles. The summed E-state index contributed by atoms with van der Waals surface area (Å²) in [5.41, 5.74) is 0. The smallest absolute Gasteiger partial charge is 0.302 e. The van der Waals surface area contributed by atoms with Crippen molar-refractivity contribution in [1.29, 1.82) is 0 Å². The maximum Gasteiger partial charge on any atom is 0.302 e. The normalized spacial score (nSPS) is 14.0. The zero-order valence-electron chi connectivity index (χ0n) is 20.3. The molecular weight excluding hydrogens is 398 g/mol. The van der Waals surface area contributed by atoms with E-state index in [2.05, 4.69) is 19.2 Å². The van der Waals surface area contributed by atoms with Crippen molar-refractivity contribution in [2.75, 3.05) is 6.61 Å². The standard InChI is InChI=1S/C24H45NO6/c1-18(2)15-13-11-9-7-6-8-10-12-14-16-23(31-21(5)28)24(29)22(25-19(3)26)17-30-20(4)27/h18,22-24,29H,6-17H2,1-5H3,(H,25,26). The highest BCUT2D eigenvalue weighted by atomic mass is 16.6. The van der Waals surface area contributed by atoms with Gasteiger partial charge in [0.1, 0.15) is 18.8 Å². The van der Waals surface area contributed by atoms with Gasteiger partial charge in [-0.1, -0.05) is 71.6 Å². The van der Waals surface area contributed by atoms with Gasteiger partial charge in [0.25, 0.3) is 0 Å². The largest absolute Gasteiger partial charge is 0.464 e. The number of amides is 1. The van der Waals surface area contributed by atoms with E-state index in [9.17, 15) is 19.5 Å². The molecular formula is C24H45NO6. The molecule has 182 valence electrons. The summed E-state index contributed by atoms with van der Waals surface area (Å²) in [7, 11) is 0. The first-order valence-corrected chi connectivity index (χ1v) is 11.9. The second kappa shape index (κ2) is 18.0. The van der Waals surface area contributed by atoms with Gasteiger partial charge in [0, 0.05) is 20.8 Å². The lowest BCUT2D eigenvalue weighted by Gasteiger charge is -2.29. The third-order valence-electron chi connectivity index (χ3n) is 5.24. The molecule has 3 atom stereocenters. The molecule has 2 N–H and O–H groups in total. The van der Waals surface area contributed by atoms with Crippen molar-refractivity contribution < 1.29 is 29.0 Å². The van der Waals surface area contributed by atoms with Gasteiger partial charge in [-0.2, -0.15) is 0 Å². The number of carbonyl (C=O) groups is 3. The summed E-state index contributed by atoms with van der Waals surface area (Å²) in [5, 5.41) is 13.3. The number of aliphatic hydroxyl groups is 1. The average molecular weight is 444 g/mol. The van der Waals surface area contributed by atoms with Crippen molar-refractivity contribution in [2.24, 2.45) is 5.92 Å². The summed E-state index contributed by atoms with van der Waals surface area (Å²) >= 11 is 0. The predicted molar refractivity (Wildman–Crippen MR) is 121 cm³/mol. The van der Waals surface area contributed by atoms with Crippen molar-refractivity contribution in [2.45, 2.75) is 123 Å². The van der Waals surface area contributed by atoms with Gasteiger partial charge >= 0.3 is 11.9 Å². The van der Waals surface area contributed by atoms with Gasteiger partial charge in [-0.15, -0.1) is 0 Å². The van der Waals surface area contributed by atoms with Gasteiger partial charge < -0.3 is 19.9 Å². The molecule has 0 aliphatic carbocycles. The molecule has 7 nitrogen and oxygen atoms in total. The van der Waals surface area contributed by atoms with Crippen LogP contribution < -0.4 is 5.32 Å². The number of ether oxygens (including phenoxy) is 2. The number of nitrogens with one attached hydrogen (secondary N) is 1. The molecule has 0 aromatic rings. The van der Waals surface area contributed by atoms with Crippen LogP contribution in [-0.2, 0) is 23.9 Å². The van der Waals surface area contributed by atoms with E-state index in [1.807, 2.05) is 0 Å². The number of hydrogen-bond acceptors (Lipinski definition) is 6. The molecule has 0 bridgehead atoms. The third-order valence-corrected chi connectivity index (χ3v) is 5.24. The van der Waals surface area contributed by atoms with Crippen LogP contribution in [0.2, 0.25) is 0 Å². The van der Waals surface area contributed by atoms with Crippen LogP contribution in [0.15, 0.2) is 0 Å². The summed E-state index contributed by atoms with van der Waals surface area (Å²) < 4.78 is 10.2. The van der Waals surface area contributed by atoms with E-state index in [-0.39, 0.29) is 12.5 Å². The molecule has 0 aliphatic rings. The fourth-order valence-electron chi connectivity index (χ4n) is 3.60. The fourth-order valence-corrected chi connectivity index (χ4v) is 3.60. The highest BCUT2D eigenvalue weighted by Gasteiger charge is 2.31. The number of aliphatic hydroxyl groups excluding tert-OH is 1. The summed E-state index contributed by atoms with van der Waals surface area (Å²) in [5.74, 6) is -0.561. The molecule has 0 aromatic carbocycles. The minimum atomic E-state index is -1.15. The van der Waals surface area contributed by atoms with Gasteiger partial charge in [-0.05, 0) is 18.8 Å². The highest BCUT2D eigenvalue weighted by molar-refractivity contribution is 5.73. The van der Waals surface area contributed by atoms with Crippen LogP contribution in [0.1, 0.15) is 105 Å². The van der Waals surface area contributed by atoms with Crippen molar-refractivity contribution in [3.05, 3.63) is 0 Å². The molecule has 0 aromatic heterocycles. The second-order valence-electron chi connectivity index (χ2n) is 8.90. The number of hydrogen-bond donors (Lipinski definition) is 2. The van der Waals surface area contributed by atoms with Gasteiger partial charge in [0.05, 0.1) is 6.04 Å². The molecule has 0 saturated carbocycles. The van der Waals surface area contributed by atoms with Crippen molar-refractivity contribution in [3.8, 4) is 0 Å². The fraction of sp³-hybridized carbons (Fsp3) is 0.875. The first-order valence-electron chi connectivity index (χ1n) is 11.9. The number of rotatable bonds is 18. The minimum Gasteiger partial charge on any atom is -0.464 e. The molecule has 0 radical (unpaired) electrons. The Morgan fingerprint density at radius 2 is 1.26 bits per heavy atom. The van der Waals surface area contributed by atoms with E-state index in [0.717, 1.165) is 25.2 Å². The van der Waals surface area contributed by atoms with Crippen LogP contribution in [0.4, 0.5) is 0 Å². The third kappa shape index (κ3) is 17.7. The van der Waals surface area contributed by atoms with E-state index in [0.29, 0.717) is 6.42 Å². The van der Waals surface area contributed by atoms with Crippen LogP contribution in [0, 0.1) is 5.92 Å². The van der Waals surface area contributed by atoms with Crippen molar-refractivity contribution in [3.63, 3.8) is 0 Å². The SMILES string of the molecule is CC(=O)NC(COC(C)=O)C(O)C(CCCCCCCCCCCC(C)C)OC(C)=O. The molecule has 0 spiro atoms. The summed E-state index contributed by atoms with van der Waals surface area (Å²) in [6.45, 7) is 8.23. The molecule has 3 unspecified atom stereocenters. The number of carbonyl (C=O) groups excluding carboxylic acids is 3. The molecule has 0 aliphatic heterocycles. The van der Waals surface area contributed by atoms with E-state index in [1.54, 1.807) is 0 Å². The van der Waals surface area contributed by atoms with E-state index >= 15 is 0 Å². The zero-order valence-corrected chi connectivity index (χ0v) is 20.3. The Bertz CT molecular complexity index is 508. The maximum atomic E-state index is 11.5. The van der Waals surface area contributed by atoms with Crippen LogP contribution in [-0.4, -0.2) is 47.8 Å². The van der Waals surface area contributed by atoms with Crippen molar-refractivity contribution in [1.82, 2.24) is 5.32 Å².